The van der Waals surface area contributed by atoms with Gasteiger partial charge in [0.15, 0.2) is 5.78 Å². The molecule has 1 unspecified atom stereocenters. The lowest BCUT2D eigenvalue weighted by Crippen LogP contribution is -2.35. The molecule has 26 heavy (non-hydrogen) atoms. The summed E-state index contributed by atoms with van der Waals surface area (Å²) in [5, 5.41) is 12.9. The van der Waals surface area contributed by atoms with Crippen LogP contribution in [0.25, 0.3) is 0 Å². The molecular weight excluding hydrogens is 352 g/mol. The van der Waals surface area contributed by atoms with Gasteiger partial charge in [-0.3, -0.25) is 14.9 Å². The molecule has 3 rings (SSSR count). The van der Waals surface area contributed by atoms with Crippen LogP contribution in [0.2, 0.25) is 5.02 Å². The lowest BCUT2D eigenvalue weighted by molar-refractivity contribution is -0.119. The van der Waals surface area contributed by atoms with E-state index < -0.39 is 5.92 Å². The molecule has 1 aliphatic heterocycles. The summed E-state index contributed by atoms with van der Waals surface area (Å²) in [5.41, 5.74) is 1.23. The summed E-state index contributed by atoms with van der Waals surface area (Å²) in [6.45, 7) is 5.34. The van der Waals surface area contributed by atoms with Crippen LogP contribution in [0, 0.1) is 16.7 Å². The Morgan fingerprint density at radius 3 is 2.54 bits per heavy atom. The van der Waals surface area contributed by atoms with Gasteiger partial charge in [0, 0.05) is 30.4 Å². The Bertz CT molecular complexity index is 889. The fourth-order valence-electron chi connectivity index (χ4n) is 3.50. The van der Waals surface area contributed by atoms with Crippen molar-refractivity contribution in [1.29, 1.82) is 5.26 Å². The Kier molecular flexibility index (Phi) is 4.64. The number of hydrogen-bond donors (Lipinski definition) is 1. The van der Waals surface area contributed by atoms with E-state index in [-0.39, 0.29) is 28.6 Å². The Labute approximate surface area is 157 Å². The normalized spacial score (nSPS) is 21.7. The summed E-state index contributed by atoms with van der Waals surface area (Å²) in [4.78, 5) is 24.5. The third-order valence-electron chi connectivity index (χ3n) is 4.54. The van der Waals surface area contributed by atoms with E-state index in [0.717, 1.165) is 5.56 Å². The maximum Gasteiger partial charge on any atom is 0.223 e. The second-order valence-electron chi connectivity index (χ2n) is 7.40. The number of carbonyl (C=O) groups excluding carboxylic acids is 2. The van der Waals surface area contributed by atoms with Crippen LogP contribution in [0.15, 0.2) is 47.1 Å². The summed E-state index contributed by atoms with van der Waals surface area (Å²) < 4.78 is 5.84. The Morgan fingerprint density at radius 1 is 1.31 bits per heavy atom. The Morgan fingerprint density at radius 2 is 1.96 bits per heavy atom. The summed E-state index contributed by atoms with van der Waals surface area (Å²) >= 11 is 5.98. The van der Waals surface area contributed by atoms with Crippen molar-refractivity contribution < 1.29 is 14.3 Å². The van der Waals surface area contributed by atoms with Gasteiger partial charge in [0.05, 0.1) is 5.92 Å². The van der Waals surface area contributed by atoms with Crippen LogP contribution in [0.5, 0.6) is 0 Å². The first-order chi connectivity index (χ1) is 12.2. The molecule has 2 aliphatic rings. The van der Waals surface area contributed by atoms with E-state index >= 15 is 0 Å². The molecule has 1 aromatic rings. The first-order valence-corrected chi connectivity index (χ1v) is 8.71. The number of halogens is 1. The van der Waals surface area contributed by atoms with Gasteiger partial charge < -0.3 is 4.74 Å². The molecule has 1 N–H and O–H groups in total. The highest BCUT2D eigenvalue weighted by atomic mass is 35.5. The van der Waals surface area contributed by atoms with Crippen LogP contribution in [0.1, 0.15) is 45.1 Å². The minimum absolute atomic E-state index is 0.0363. The number of amides is 1. The van der Waals surface area contributed by atoms with E-state index in [4.69, 9.17) is 16.3 Å². The number of nitrogens with zero attached hydrogens (tertiary/aromatic N) is 1. The Balaban J connectivity index is 2.19. The number of Topliss-reactive ketones (excluding diaryl/α,β-unsaturated/α-hetero) is 1. The summed E-state index contributed by atoms with van der Waals surface area (Å²) in [6, 6.07) is 9.14. The van der Waals surface area contributed by atoms with Gasteiger partial charge in [0.25, 0.3) is 0 Å². The fraction of sp³-hybridized carbons (Fsp3) is 0.350. The van der Waals surface area contributed by atoms with Crippen molar-refractivity contribution in [1.82, 2.24) is 5.32 Å². The molecule has 1 aliphatic carbocycles. The number of benzene rings is 1. The standard InChI is InChI=1S/C20H19ClN2O3/c1-11(24)23-19-14(10-22)17(12-4-6-13(21)7-5-12)18-15(25)8-20(2,3)9-16(18)26-19/h4-7,17H,8-9H2,1-3H3,(H,23,24). The molecule has 0 bridgehead atoms. The van der Waals surface area contributed by atoms with Crippen LogP contribution in [0.4, 0.5) is 0 Å². The zero-order valence-electron chi connectivity index (χ0n) is 14.9. The quantitative estimate of drug-likeness (QED) is 0.854. The van der Waals surface area contributed by atoms with E-state index in [2.05, 4.69) is 11.4 Å². The zero-order chi connectivity index (χ0) is 19.1. The van der Waals surface area contributed by atoms with Gasteiger partial charge in [-0.1, -0.05) is 37.6 Å². The third kappa shape index (κ3) is 3.38. The van der Waals surface area contributed by atoms with Gasteiger partial charge in [0.2, 0.25) is 11.8 Å². The highest BCUT2D eigenvalue weighted by molar-refractivity contribution is 6.30. The van der Waals surface area contributed by atoms with Gasteiger partial charge in [0.1, 0.15) is 17.4 Å². The van der Waals surface area contributed by atoms with Crippen molar-refractivity contribution in [3.05, 3.63) is 57.6 Å². The Hall–Kier alpha value is -2.58. The highest BCUT2D eigenvalue weighted by Crippen LogP contribution is 2.48. The van der Waals surface area contributed by atoms with E-state index in [0.29, 0.717) is 29.2 Å². The van der Waals surface area contributed by atoms with Crippen LogP contribution in [-0.2, 0) is 14.3 Å². The molecule has 0 spiro atoms. The third-order valence-corrected chi connectivity index (χ3v) is 4.79. The largest absolute Gasteiger partial charge is 0.444 e. The lowest BCUT2D eigenvalue weighted by Gasteiger charge is -2.37. The average Bonchev–Trinajstić information content (AvgIpc) is 2.52. The fourth-order valence-corrected chi connectivity index (χ4v) is 3.63. The first-order valence-electron chi connectivity index (χ1n) is 8.33. The minimum Gasteiger partial charge on any atom is -0.444 e. The predicted octanol–water partition coefficient (Wildman–Crippen LogP) is 3.97. The zero-order valence-corrected chi connectivity index (χ0v) is 15.6. The molecule has 0 saturated carbocycles. The van der Waals surface area contributed by atoms with Gasteiger partial charge in [-0.15, -0.1) is 0 Å². The molecule has 1 amide bonds. The van der Waals surface area contributed by atoms with Crippen molar-refractivity contribution >= 4 is 23.3 Å². The van der Waals surface area contributed by atoms with E-state index in [1.807, 2.05) is 13.8 Å². The number of nitriles is 1. The monoisotopic (exact) mass is 370 g/mol. The van der Waals surface area contributed by atoms with Crippen molar-refractivity contribution in [2.24, 2.45) is 5.41 Å². The molecule has 5 nitrogen and oxygen atoms in total. The molecule has 1 aromatic carbocycles. The van der Waals surface area contributed by atoms with Gasteiger partial charge >= 0.3 is 0 Å². The molecule has 0 saturated heterocycles. The molecule has 0 radical (unpaired) electrons. The molecule has 1 atom stereocenters. The minimum atomic E-state index is -0.577. The van der Waals surface area contributed by atoms with E-state index in [1.165, 1.54) is 6.92 Å². The molecular formula is C20H19ClN2O3. The van der Waals surface area contributed by atoms with Crippen molar-refractivity contribution in [2.45, 2.75) is 39.5 Å². The van der Waals surface area contributed by atoms with Gasteiger partial charge in [-0.25, -0.2) is 0 Å². The number of nitrogens with one attached hydrogen (secondary N) is 1. The van der Waals surface area contributed by atoms with Gasteiger partial charge in [-0.2, -0.15) is 5.26 Å². The summed E-state index contributed by atoms with van der Waals surface area (Å²) in [6.07, 6.45) is 0.938. The maximum atomic E-state index is 12.9. The maximum absolute atomic E-state index is 12.9. The lowest BCUT2D eigenvalue weighted by atomic mass is 9.70. The second kappa shape index (κ2) is 6.62. The van der Waals surface area contributed by atoms with Gasteiger partial charge in [-0.05, 0) is 23.1 Å². The van der Waals surface area contributed by atoms with Crippen molar-refractivity contribution in [3.8, 4) is 6.07 Å². The van der Waals surface area contributed by atoms with Crippen molar-refractivity contribution in [2.75, 3.05) is 0 Å². The smallest absolute Gasteiger partial charge is 0.223 e. The van der Waals surface area contributed by atoms with Crippen molar-refractivity contribution in [3.63, 3.8) is 0 Å². The summed E-state index contributed by atoms with van der Waals surface area (Å²) in [5.74, 6) is -0.330. The molecule has 1 heterocycles. The van der Waals surface area contributed by atoms with Crippen LogP contribution >= 0.6 is 11.6 Å². The molecule has 134 valence electrons. The highest BCUT2D eigenvalue weighted by Gasteiger charge is 2.43. The number of ether oxygens (including phenoxy) is 1. The topological polar surface area (TPSA) is 79.2 Å². The number of hydrogen-bond acceptors (Lipinski definition) is 4. The number of rotatable bonds is 2. The molecule has 0 fully saturated rings. The summed E-state index contributed by atoms with van der Waals surface area (Å²) in [7, 11) is 0. The van der Waals surface area contributed by atoms with Crippen LogP contribution in [-0.4, -0.2) is 11.7 Å². The SMILES string of the molecule is CC(=O)NC1=C(C#N)C(c2ccc(Cl)cc2)C2=C(CC(C)(C)CC2=O)O1. The van der Waals surface area contributed by atoms with Crippen LogP contribution in [0.3, 0.4) is 0 Å². The van der Waals surface area contributed by atoms with E-state index in [1.54, 1.807) is 24.3 Å². The second-order valence-corrected chi connectivity index (χ2v) is 7.84. The number of allylic oxidation sites excluding steroid dienone is 3. The number of carbonyl (C=O) groups is 2. The average molecular weight is 371 g/mol. The number of ketones is 1. The predicted molar refractivity (Wildman–Crippen MR) is 96.8 cm³/mol. The van der Waals surface area contributed by atoms with E-state index in [9.17, 15) is 14.9 Å². The van der Waals surface area contributed by atoms with Crippen LogP contribution < -0.4 is 5.32 Å². The molecule has 0 aromatic heterocycles. The molecule has 6 heteroatoms. The first kappa shape index (κ1) is 18.2.